The Kier molecular flexibility index (Phi) is 5.46. The Morgan fingerprint density at radius 2 is 1.73 bits per heavy atom. The van der Waals surface area contributed by atoms with Crippen molar-refractivity contribution in [1.82, 2.24) is 0 Å². The van der Waals surface area contributed by atoms with E-state index in [9.17, 15) is 9.59 Å². The summed E-state index contributed by atoms with van der Waals surface area (Å²) in [4.78, 5) is 27.2. The van der Waals surface area contributed by atoms with Gasteiger partial charge in [-0.3, -0.25) is 4.79 Å². The lowest BCUT2D eigenvalue weighted by molar-refractivity contribution is 0.0989. The second-order valence-corrected chi connectivity index (χ2v) is 7.82. The van der Waals surface area contributed by atoms with Gasteiger partial charge in [0.2, 0.25) is 0 Å². The van der Waals surface area contributed by atoms with Crippen LogP contribution >= 0.6 is 11.6 Å². The number of urea groups is 1. The molecule has 0 fully saturated rings. The number of fused-ring (bicyclic) bond motifs is 1. The number of hydrogen-bond donors (Lipinski definition) is 2. The van der Waals surface area contributed by atoms with Gasteiger partial charge in [-0.2, -0.15) is 0 Å². The van der Waals surface area contributed by atoms with E-state index in [4.69, 9.17) is 11.6 Å². The van der Waals surface area contributed by atoms with Crippen LogP contribution in [0.4, 0.5) is 21.9 Å². The predicted octanol–water partition coefficient (Wildman–Crippen LogP) is 5.80. The van der Waals surface area contributed by atoms with E-state index in [1.807, 2.05) is 56.3 Å². The van der Waals surface area contributed by atoms with Crippen LogP contribution in [-0.4, -0.2) is 18.5 Å². The van der Waals surface area contributed by atoms with Crippen molar-refractivity contribution in [3.63, 3.8) is 0 Å². The van der Waals surface area contributed by atoms with Gasteiger partial charge in [0.1, 0.15) is 0 Å². The molecule has 0 spiro atoms. The van der Waals surface area contributed by atoms with Gasteiger partial charge in [0.25, 0.3) is 5.91 Å². The standard InChI is InChI=1S/C24H22ClN3O2/c1-15-6-8-18(9-7-15)23(29)28-13-12-17-10-11-19(14-22(17)28)26-24(30)27-21-5-3-4-20(25)16(21)2/h3-11,14H,12-13H2,1-2H3,(H2,26,27,30). The average molecular weight is 420 g/mol. The molecule has 0 saturated carbocycles. The van der Waals surface area contributed by atoms with Crippen LogP contribution in [-0.2, 0) is 6.42 Å². The first kappa shape index (κ1) is 20.0. The van der Waals surface area contributed by atoms with E-state index in [1.165, 1.54) is 0 Å². The molecule has 0 unspecified atom stereocenters. The summed E-state index contributed by atoms with van der Waals surface area (Å²) < 4.78 is 0. The van der Waals surface area contributed by atoms with Crippen LogP contribution < -0.4 is 15.5 Å². The van der Waals surface area contributed by atoms with Crippen molar-refractivity contribution >= 4 is 40.6 Å². The third-order valence-electron chi connectivity index (χ3n) is 5.30. The zero-order valence-electron chi connectivity index (χ0n) is 16.8. The Morgan fingerprint density at radius 3 is 2.50 bits per heavy atom. The van der Waals surface area contributed by atoms with E-state index in [2.05, 4.69) is 10.6 Å². The molecule has 5 nitrogen and oxygen atoms in total. The largest absolute Gasteiger partial charge is 0.323 e. The summed E-state index contributed by atoms with van der Waals surface area (Å²) in [6.07, 6.45) is 0.793. The summed E-state index contributed by atoms with van der Waals surface area (Å²) in [7, 11) is 0. The van der Waals surface area contributed by atoms with Crippen molar-refractivity contribution in [2.24, 2.45) is 0 Å². The van der Waals surface area contributed by atoms with Crippen molar-refractivity contribution in [2.45, 2.75) is 20.3 Å². The molecule has 0 bridgehead atoms. The van der Waals surface area contributed by atoms with E-state index in [1.54, 1.807) is 23.1 Å². The number of nitrogens with zero attached hydrogens (tertiary/aromatic N) is 1. The number of rotatable bonds is 3. The lowest BCUT2D eigenvalue weighted by Gasteiger charge is -2.18. The highest BCUT2D eigenvalue weighted by Gasteiger charge is 2.26. The minimum Gasteiger partial charge on any atom is -0.308 e. The van der Waals surface area contributed by atoms with Gasteiger partial charge in [-0.1, -0.05) is 41.4 Å². The van der Waals surface area contributed by atoms with Gasteiger partial charge in [0, 0.05) is 34.2 Å². The zero-order chi connectivity index (χ0) is 21.3. The molecule has 1 heterocycles. The summed E-state index contributed by atoms with van der Waals surface area (Å²) in [5, 5.41) is 6.25. The van der Waals surface area contributed by atoms with Gasteiger partial charge in [-0.25, -0.2) is 4.79 Å². The smallest absolute Gasteiger partial charge is 0.308 e. The van der Waals surface area contributed by atoms with Gasteiger partial charge < -0.3 is 15.5 Å². The number of anilines is 3. The average Bonchev–Trinajstić information content (AvgIpc) is 3.14. The zero-order valence-corrected chi connectivity index (χ0v) is 17.6. The second-order valence-electron chi connectivity index (χ2n) is 7.41. The Bertz CT molecular complexity index is 1130. The van der Waals surface area contributed by atoms with Crippen LogP contribution in [0.5, 0.6) is 0 Å². The first-order valence-electron chi connectivity index (χ1n) is 9.77. The number of hydrogen-bond acceptors (Lipinski definition) is 2. The molecule has 2 N–H and O–H groups in total. The van der Waals surface area contributed by atoms with Crippen LogP contribution in [0.2, 0.25) is 5.02 Å². The molecule has 3 aromatic rings. The van der Waals surface area contributed by atoms with Crippen LogP contribution in [0, 0.1) is 13.8 Å². The minimum absolute atomic E-state index is 0.0371. The van der Waals surface area contributed by atoms with Crippen molar-refractivity contribution in [1.29, 1.82) is 0 Å². The molecule has 4 rings (SSSR count). The molecule has 1 aliphatic rings. The summed E-state index contributed by atoms with van der Waals surface area (Å²) in [5.41, 5.74) is 5.76. The van der Waals surface area contributed by atoms with Crippen molar-refractivity contribution in [3.05, 3.63) is 87.9 Å². The fourth-order valence-corrected chi connectivity index (χ4v) is 3.72. The molecule has 1 aliphatic heterocycles. The quantitative estimate of drug-likeness (QED) is 0.563. The van der Waals surface area contributed by atoms with Gasteiger partial charge >= 0.3 is 6.03 Å². The summed E-state index contributed by atoms with van der Waals surface area (Å²) in [6, 6.07) is 18.2. The first-order valence-corrected chi connectivity index (χ1v) is 10.1. The highest BCUT2D eigenvalue weighted by Crippen LogP contribution is 2.32. The van der Waals surface area contributed by atoms with Gasteiger partial charge in [-0.05, 0) is 67.8 Å². The van der Waals surface area contributed by atoms with Crippen LogP contribution in [0.3, 0.4) is 0 Å². The fourth-order valence-electron chi connectivity index (χ4n) is 3.55. The minimum atomic E-state index is -0.366. The maximum atomic E-state index is 13.0. The molecule has 6 heteroatoms. The van der Waals surface area contributed by atoms with Gasteiger partial charge in [0.05, 0.1) is 0 Å². The van der Waals surface area contributed by atoms with E-state index < -0.39 is 0 Å². The van der Waals surface area contributed by atoms with Crippen LogP contribution in [0.15, 0.2) is 60.7 Å². The lowest BCUT2D eigenvalue weighted by Crippen LogP contribution is -2.29. The summed E-state index contributed by atoms with van der Waals surface area (Å²) in [5.74, 6) is -0.0371. The molecule has 3 amide bonds. The van der Waals surface area contributed by atoms with Gasteiger partial charge in [0.15, 0.2) is 0 Å². The third-order valence-corrected chi connectivity index (χ3v) is 5.71. The maximum Gasteiger partial charge on any atom is 0.323 e. The number of halogens is 1. The Balaban J connectivity index is 1.51. The summed E-state index contributed by atoms with van der Waals surface area (Å²) >= 11 is 6.12. The molecule has 0 aromatic heterocycles. The number of carbonyl (C=O) groups excluding carboxylic acids is 2. The Hall–Kier alpha value is -3.31. The van der Waals surface area contributed by atoms with E-state index in [0.717, 1.165) is 28.8 Å². The molecule has 0 saturated heterocycles. The maximum absolute atomic E-state index is 13.0. The van der Waals surface area contributed by atoms with Crippen LogP contribution in [0.25, 0.3) is 0 Å². The molecular formula is C24H22ClN3O2. The van der Waals surface area contributed by atoms with Gasteiger partial charge in [-0.15, -0.1) is 0 Å². The normalized spacial score (nSPS) is 12.4. The second kappa shape index (κ2) is 8.20. The molecule has 0 atom stereocenters. The topological polar surface area (TPSA) is 61.4 Å². The number of aryl methyl sites for hydroxylation is 1. The van der Waals surface area contributed by atoms with Crippen LogP contribution in [0.1, 0.15) is 27.0 Å². The number of amides is 3. The van der Waals surface area contributed by atoms with Crippen molar-refractivity contribution in [2.75, 3.05) is 22.1 Å². The molecule has 30 heavy (non-hydrogen) atoms. The molecule has 152 valence electrons. The fraction of sp³-hybridized carbons (Fsp3) is 0.167. The predicted molar refractivity (Wildman–Crippen MR) is 122 cm³/mol. The SMILES string of the molecule is Cc1ccc(C(=O)N2CCc3ccc(NC(=O)Nc4cccc(Cl)c4C)cc32)cc1. The third kappa shape index (κ3) is 4.02. The number of benzene rings is 3. The van der Waals surface area contributed by atoms with E-state index >= 15 is 0 Å². The monoisotopic (exact) mass is 419 g/mol. The highest BCUT2D eigenvalue weighted by atomic mass is 35.5. The number of carbonyl (C=O) groups is 2. The first-order chi connectivity index (χ1) is 14.4. The number of nitrogens with one attached hydrogen (secondary N) is 2. The summed E-state index contributed by atoms with van der Waals surface area (Å²) in [6.45, 7) is 4.47. The Morgan fingerprint density at radius 1 is 0.967 bits per heavy atom. The molecule has 0 aliphatic carbocycles. The van der Waals surface area contributed by atoms with Crippen molar-refractivity contribution < 1.29 is 9.59 Å². The lowest BCUT2D eigenvalue weighted by atomic mass is 10.1. The molecule has 3 aromatic carbocycles. The highest BCUT2D eigenvalue weighted by molar-refractivity contribution is 6.31. The molecule has 0 radical (unpaired) electrons. The molecular weight excluding hydrogens is 398 g/mol. The van der Waals surface area contributed by atoms with Crippen molar-refractivity contribution in [3.8, 4) is 0 Å². The Labute approximate surface area is 180 Å². The van der Waals surface area contributed by atoms with E-state index in [-0.39, 0.29) is 11.9 Å². The van der Waals surface area contributed by atoms with E-state index in [0.29, 0.717) is 28.5 Å².